The lowest BCUT2D eigenvalue weighted by atomic mass is 9.64. The first-order valence-corrected chi connectivity index (χ1v) is 9.34. The summed E-state index contributed by atoms with van der Waals surface area (Å²) in [4.78, 5) is 9.98. The molecule has 2 aromatic heterocycles. The average molecular weight is 461 g/mol. The van der Waals surface area contributed by atoms with Crippen LogP contribution in [0.5, 0.6) is 0 Å². The Balaban J connectivity index is 0.00000208. The van der Waals surface area contributed by atoms with Gasteiger partial charge in [-0.05, 0) is 30.6 Å². The molecule has 2 N–H and O–H groups in total. The predicted octanol–water partition coefficient (Wildman–Crippen LogP) is 3.90. The number of aliphatic imine (C=N–C) groups is 1. The molecule has 1 aliphatic carbocycles. The second kappa shape index (κ2) is 8.51. The van der Waals surface area contributed by atoms with E-state index in [0.717, 1.165) is 29.1 Å². The standard InChI is InChI=1S/C17H27N5S.HI/c1-13(2)9-17(5-4-6-17)12-20-15(18-3)19-10-14-11-22-7-8-23-16(22)21-14;/h7-8,11,13H,4-6,9-10,12H2,1-3H3,(H2,18,19,20);1H. The van der Waals surface area contributed by atoms with Crippen LogP contribution in [0.15, 0.2) is 22.8 Å². The molecule has 0 aromatic carbocycles. The molecule has 0 amide bonds. The van der Waals surface area contributed by atoms with Crippen LogP contribution in [0.4, 0.5) is 0 Å². The normalized spacial score (nSPS) is 16.8. The van der Waals surface area contributed by atoms with E-state index in [0.29, 0.717) is 12.0 Å². The number of halogens is 1. The van der Waals surface area contributed by atoms with Gasteiger partial charge in [0.25, 0.3) is 0 Å². The molecule has 134 valence electrons. The fourth-order valence-electron chi connectivity index (χ4n) is 3.52. The highest BCUT2D eigenvalue weighted by Crippen LogP contribution is 2.45. The second-order valence-electron chi connectivity index (χ2n) is 7.06. The molecule has 5 nitrogen and oxygen atoms in total. The number of rotatable bonds is 6. The van der Waals surface area contributed by atoms with Crippen molar-refractivity contribution in [3.63, 3.8) is 0 Å². The van der Waals surface area contributed by atoms with E-state index in [-0.39, 0.29) is 24.0 Å². The molecular weight excluding hydrogens is 433 g/mol. The van der Waals surface area contributed by atoms with Crippen LogP contribution in [-0.2, 0) is 6.54 Å². The zero-order chi connectivity index (χ0) is 16.3. The van der Waals surface area contributed by atoms with Gasteiger partial charge in [-0.1, -0.05) is 20.3 Å². The summed E-state index contributed by atoms with van der Waals surface area (Å²) in [6, 6.07) is 0. The van der Waals surface area contributed by atoms with Crippen LogP contribution < -0.4 is 10.6 Å². The van der Waals surface area contributed by atoms with Crippen LogP contribution in [0.2, 0.25) is 0 Å². The highest BCUT2D eigenvalue weighted by Gasteiger charge is 2.37. The van der Waals surface area contributed by atoms with E-state index in [1.807, 2.05) is 18.6 Å². The largest absolute Gasteiger partial charge is 0.356 e. The lowest BCUT2D eigenvalue weighted by Crippen LogP contribution is -2.46. The molecule has 1 aliphatic rings. The minimum atomic E-state index is 0. The highest BCUT2D eigenvalue weighted by atomic mass is 127. The van der Waals surface area contributed by atoms with E-state index >= 15 is 0 Å². The summed E-state index contributed by atoms with van der Waals surface area (Å²) in [7, 11) is 1.83. The summed E-state index contributed by atoms with van der Waals surface area (Å²) in [6.45, 7) is 6.35. The Kier molecular flexibility index (Phi) is 6.91. The van der Waals surface area contributed by atoms with Crippen LogP contribution in [0.3, 0.4) is 0 Å². The van der Waals surface area contributed by atoms with Crippen molar-refractivity contribution in [2.45, 2.75) is 46.1 Å². The summed E-state index contributed by atoms with van der Waals surface area (Å²) < 4.78 is 2.06. The number of nitrogens with zero attached hydrogens (tertiary/aromatic N) is 3. The molecule has 0 unspecified atom stereocenters. The molecule has 0 saturated heterocycles. The number of hydrogen-bond donors (Lipinski definition) is 2. The Labute approximate surface area is 165 Å². The molecule has 1 saturated carbocycles. The van der Waals surface area contributed by atoms with Gasteiger partial charge >= 0.3 is 0 Å². The molecule has 1 fully saturated rings. The number of nitrogens with one attached hydrogen (secondary N) is 2. The van der Waals surface area contributed by atoms with Crippen molar-refractivity contribution in [2.75, 3.05) is 13.6 Å². The zero-order valence-corrected chi connectivity index (χ0v) is 17.9. The first-order valence-electron chi connectivity index (χ1n) is 8.46. The second-order valence-corrected chi connectivity index (χ2v) is 7.93. The zero-order valence-electron chi connectivity index (χ0n) is 14.7. The number of fused-ring (bicyclic) bond motifs is 1. The van der Waals surface area contributed by atoms with E-state index in [4.69, 9.17) is 0 Å². The summed E-state index contributed by atoms with van der Waals surface area (Å²) in [5.41, 5.74) is 1.52. The lowest BCUT2D eigenvalue weighted by Gasteiger charge is -2.43. The Morgan fingerprint density at radius 2 is 2.21 bits per heavy atom. The molecule has 0 bridgehead atoms. The maximum Gasteiger partial charge on any atom is 0.193 e. The molecule has 3 rings (SSSR count). The Morgan fingerprint density at radius 1 is 1.42 bits per heavy atom. The smallest absolute Gasteiger partial charge is 0.193 e. The van der Waals surface area contributed by atoms with Crippen LogP contribution >= 0.6 is 35.3 Å². The molecular formula is C17H28IN5S. The maximum atomic E-state index is 4.59. The third-order valence-corrected chi connectivity index (χ3v) is 5.46. The fraction of sp³-hybridized carbons (Fsp3) is 0.647. The van der Waals surface area contributed by atoms with Crippen molar-refractivity contribution in [1.29, 1.82) is 0 Å². The summed E-state index contributed by atoms with van der Waals surface area (Å²) >= 11 is 1.66. The number of aromatic nitrogens is 2. The van der Waals surface area contributed by atoms with Crippen molar-refractivity contribution in [1.82, 2.24) is 20.0 Å². The SMILES string of the molecule is CN=C(NCc1cn2ccsc2n1)NCC1(CC(C)C)CCC1.I. The van der Waals surface area contributed by atoms with Crippen molar-refractivity contribution in [3.05, 3.63) is 23.5 Å². The van der Waals surface area contributed by atoms with Crippen LogP contribution in [0, 0.1) is 11.3 Å². The van der Waals surface area contributed by atoms with Gasteiger partial charge in [0.15, 0.2) is 10.9 Å². The minimum Gasteiger partial charge on any atom is -0.356 e. The minimum absolute atomic E-state index is 0. The topological polar surface area (TPSA) is 53.7 Å². The van der Waals surface area contributed by atoms with E-state index in [1.54, 1.807) is 11.3 Å². The van der Waals surface area contributed by atoms with E-state index < -0.39 is 0 Å². The van der Waals surface area contributed by atoms with Gasteiger partial charge in [-0.3, -0.25) is 9.39 Å². The third kappa shape index (κ3) is 4.62. The molecule has 0 spiro atoms. The quantitative estimate of drug-likeness (QED) is 0.390. The van der Waals surface area contributed by atoms with Gasteiger partial charge < -0.3 is 10.6 Å². The van der Waals surface area contributed by atoms with Gasteiger partial charge in [0.1, 0.15) is 0 Å². The Hall–Kier alpha value is -0.830. The number of imidazole rings is 1. The monoisotopic (exact) mass is 461 g/mol. The summed E-state index contributed by atoms with van der Waals surface area (Å²) in [5, 5.41) is 8.95. The molecule has 24 heavy (non-hydrogen) atoms. The van der Waals surface area contributed by atoms with E-state index in [9.17, 15) is 0 Å². The van der Waals surface area contributed by atoms with Crippen LogP contribution in [0.25, 0.3) is 4.96 Å². The Morgan fingerprint density at radius 3 is 2.79 bits per heavy atom. The number of hydrogen-bond acceptors (Lipinski definition) is 3. The lowest BCUT2D eigenvalue weighted by molar-refractivity contribution is 0.104. The molecule has 0 atom stereocenters. The predicted molar refractivity (Wildman–Crippen MR) is 112 cm³/mol. The van der Waals surface area contributed by atoms with Crippen molar-refractivity contribution < 1.29 is 0 Å². The first-order chi connectivity index (χ1) is 11.1. The van der Waals surface area contributed by atoms with E-state index in [2.05, 4.69) is 45.1 Å². The maximum absolute atomic E-state index is 4.59. The average Bonchev–Trinajstić information content (AvgIpc) is 3.05. The van der Waals surface area contributed by atoms with Gasteiger partial charge in [0.05, 0.1) is 12.2 Å². The number of guanidine groups is 1. The summed E-state index contributed by atoms with van der Waals surface area (Å²) in [6.07, 6.45) is 9.45. The van der Waals surface area contributed by atoms with Crippen LogP contribution in [-0.4, -0.2) is 28.9 Å². The van der Waals surface area contributed by atoms with Gasteiger partial charge in [-0.15, -0.1) is 35.3 Å². The van der Waals surface area contributed by atoms with Gasteiger partial charge in [0, 0.05) is 31.4 Å². The highest BCUT2D eigenvalue weighted by molar-refractivity contribution is 14.0. The number of thiazole rings is 1. The van der Waals surface area contributed by atoms with Gasteiger partial charge in [-0.25, -0.2) is 4.98 Å². The van der Waals surface area contributed by atoms with Gasteiger partial charge in [0.2, 0.25) is 0 Å². The molecule has 0 aliphatic heterocycles. The van der Waals surface area contributed by atoms with Crippen molar-refractivity contribution in [3.8, 4) is 0 Å². The van der Waals surface area contributed by atoms with Crippen LogP contribution in [0.1, 0.15) is 45.2 Å². The molecule has 7 heteroatoms. The first kappa shape index (κ1) is 19.5. The Bertz CT molecular complexity index is 643. The molecule has 0 radical (unpaired) electrons. The third-order valence-electron chi connectivity index (χ3n) is 4.69. The summed E-state index contributed by atoms with van der Waals surface area (Å²) in [5.74, 6) is 1.63. The molecule has 2 heterocycles. The van der Waals surface area contributed by atoms with Crippen molar-refractivity contribution >= 4 is 46.2 Å². The van der Waals surface area contributed by atoms with E-state index in [1.165, 1.54) is 25.7 Å². The van der Waals surface area contributed by atoms with Crippen molar-refractivity contribution in [2.24, 2.45) is 16.3 Å². The van der Waals surface area contributed by atoms with Gasteiger partial charge in [-0.2, -0.15) is 0 Å². The molecule has 2 aromatic rings. The fourth-order valence-corrected chi connectivity index (χ4v) is 4.24.